The standard InChI is InChI=1S/C18H28N4O3/c1-4-25-14-6-5-9-22(12-14)18(24)15-7-8-16(23)21(3)17(15)13-10-19-20(2)11-13/h10-11,14-15,17H,4-9,12H2,1-3H3/t14-,15-,17+/m1/s1. The van der Waals surface area contributed by atoms with Crippen LogP contribution in [0.15, 0.2) is 12.4 Å². The number of likely N-dealkylation sites (tertiary alicyclic amines) is 2. The third-order valence-corrected chi connectivity index (χ3v) is 5.34. The topological polar surface area (TPSA) is 67.7 Å². The zero-order valence-electron chi connectivity index (χ0n) is 15.4. The monoisotopic (exact) mass is 348 g/mol. The molecule has 0 radical (unpaired) electrons. The predicted molar refractivity (Wildman–Crippen MR) is 92.7 cm³/mol. The van der Waals surface area contributed by atoms with Gasteiger partial charge in [-0.1, -0.05) is 0 Å². The van der Waals surface area contributed by atoms with Crippen LogP contribution in [0.5, 0.6) is 0 Å². The fraction of sp³-hybridized carbons (Fsp3) is 0.722. The van der Waals surface area contributed by atoms with E-state index in [1.807, 2.05) is 25.1 Å². The zero-order valence-corrected chi connectivity index (χ0v) is 15.4. The largest absolute Gasteiger partial charge is 0.377 e. The van der Waals surface area contributed by atoms with Crippen LogP contribution < -0.4 is 0 Å². The molecule has 3 heterocycles. The van der Waals surface area contributed by atoms with Crippen LogP contribution >= 0.6 is 0 Å². The molecule has 0 aromatic carbocycles. The molecule has 25 heavy (non-hydrogen) atoms. The molecule has 1 aromatic rings. The Labute approximate surface area is 148 Å². The summed E-state index contributed by atoms with van der Waals surface area (Å²) in [4.78, 5) is 29.1. The second kappa shape index (κ2) is 7.56. The van der Waals surface area contributed by atoms with Crippen molar-refractivity contribution in [3.8, 4) is 0 Å². The summed E-state index contributed by atoms with van der Waals surface area (Å²) in [6, 6.07) is -0.241. The van der Waals surface area contributed by atoms with E-state index in [9.17, 15) is 9.59 Å². The third kappa shape index (κ3) is 3.71. The first kappa shape index (κ1) is 17.9. The fourth-order valence-corrected chi connectivity index (χ4v) is 4.09. The molecule has 2 aliphatic rings. The molecule has 2 fully saturated rings. The Morgan fingerprint density at radius 2 is 2.16 bits per heavy atom. The van der Waals surface area contributed by atoms with Gasteiger partial charge in [0, 0.05) is 52.0 Å². The van der Waals surface area contributed by atoms with Crippen molar-refractivity contribution in [3.05, 3.63) is 18.0 Å². The minimum atomic E-state index is -0.241. The van der Waals surface area contributed by atoms with Crippen molar-refractivity contribution in [2.75, 3.05) is 26.7 Å². The molecule has 0 N–H and O–H groups in total. The highest BCUT2D eigenvalue weighted by atomic mass is 16.5. The molecule has 0 saturated carbocycles. The maximum absolute atomic E-state index is 13.3. The summed E-state index contributed by atoms with van der Waals surface area (Å²) in [6.45, 7) is 4.09. The van der Waals surface area contributed by atoms with Crippen LogP contribution in [-0.2, 0) is 21.4 Å². The van der Waals surface area contributed by atoms with Crippen LogP contribution in [0.3, 0.4) is 0 Å². The number of ether oxygens (including phenoxy) is 1. The molecule has 2 saturated heterocycles. The van der Waals surface area contributed by atoms with Gasteiger partial charge in [0.1, 0.15) is 0 Å². The van der Waals surface area contributed by atoms with Crippen LogP contribution in [0.1, 0.15) is 44.2 Å². The number of amides is 2. The number of hydrogen-bond donors (Lipinski definition) is 0. The van der Waals surface area contributed by atoms with Gasteiger partial charge in [-0.05, 0) is 26.2 Å². The Morgan fingerprint density at radius 1 is 1.36 bits per heavy atom. The van der Waals surface area contributed by atoms with Crippen molar-refractivity contribution in [2.24, 2.45) is 13.0 Å². The van der Waals surface area contributed by atoms with E-state index in [1.54, 1.807) is 22.8 Å². The van der Waals surface area contributed by atoms with E-state index in [-0.39, 0.29) is 29.9 Å². The van der Waals surface area contributed by atoms with Crippen LogP contribution in [0.2, 0.25) is 0 Å². The summed E-state index contributed by atoms with van der Waals surface area (Å²) in [5.41, 5.74) is 0.926. The molecule has 0 unspecified atom stereocenters. The zero-order chi connectivity index (χ0) is 18.0. The second-order valence-corrected chi connectivity index (χ2v) is 7.05. The van der Waals surface area contributed by atoms with Crippen molar-refractivity contribution in [1.29, 1.82) is 0 Å². The molecule has 0 bridgehead atoms. The van der Waals surface area contributed by atoms with Gasteiger partial charge in [-0.25, -0.2) is 0 Å². The number of piperidine rings is 2. The normalized spacial score (nSPS) is 27.6. The average molecular weight is 348 g/mol. The number of carbonyl (C=O) groups is 2. The number of carbonyl (C=O) groups excluding carboxylic acids is 2. The minimum Gasteiger partial charge on any atom is -0.377 e. The van der Waals surface area contributed by atoms with Crippen LogP contribution in [0.25, 0.3) is 0 Å². The first-order chi connectivity index (χ1) is 12.0. The maximum Gasteiger partial charge on any atom is 0.228 e. The lowest BCUT2D eigenvalue weighted by Crippen LogP contribution is -2.51. The van der Waals surface area contributed by atoms with E-state index in [4.69, 9.17) is 4.74 Å². The molecule has 1 aromatic heterocycles. The molecule has 7 heteroatoms. The molecule has 3 rings (SSSR count). The first-order valence-electron chi connectivity index (χ1n) is 9.15. The lowest BCUT2D eigenvalue weighted by Gasteiger charge is -2.41. The van der Waals surface area contributed by atoms with Gasteiger partial charge in [0.25, 0.3) is 0 Å². The SMILES string of the molecule is CCO[C@@H]1CCCN(C(=O)[C@@H]2CCC(=O)N(C)[C@H]2c2cnn(C)c2)C1. The van der Waals surface area contributed by atoms with Gasteiger partial charge in [-0.15, -0.1) is 0 Å². The quantitative estimate of drug-likeness (QED) is 0.824. The summed E-state index contributed by atoms with van der Waals surface area (Å²) < 4.78 is 7.45. The highest BCUT2D eigenvalue weighted by Crippen LogP contribution is 2.37. The number of rotatable bonds is 4. The van der Waals surface area contributed by atoms with Gasteiger partial charge in [0.15, 0.2) is 0 Å². The number of hydrogen-bond acceptors (Lipinski definition) is 4. The Hall–Kier alpha value is -1.89. The molecule has 2 aliphatic heterocycles. The van der Waals surface area contributed by atoms with Gasteiger partial charge in [-0.3, -0.25) is 14.3 Å². The molecular formula is C18H28N4O3. The maximum atomic E-state index is 13.3. The van der Waals surface area contributed by atoms with Gasteiger partial charge in [0.05, 0.1) is 24.3 Å². The molecule has 0 spiro atoms. The third-order valence-electron chi connectivity index (χ3n) is 5.34. The predicted octanol–water partition coefficient (Wildman–Crippen LogP) is 1.36. The molecule has 2 amide bonds. The van der Waals surface area contributed by atoms with E-state index in [0.717, 1.165) is 24.9 Å². The highest BCUT2D eigenvalue weighted by molar-refractivity contribution is 5.85. The van der Waals surface area contributed by atoms with E-state index in [1.165, 1.54) is 0 Å². The Bertz CT molecular complexity index is 628. The van der Waals surface area contributed by atoms with Crippen molar-refractivity contribution >= 4 is 11.8 Å². The summed E-state index contributed by atoms with van der Waals surface area (Å²) >= 11 is 0. The molecule has 138 valence electrons. The number of aryl methyl sites for hydroxylation is 1. The summed E-state index contributed by atoms with van der Waals surface area (Å²) in [5, 5.41) is 4.23. The van der Waals surface area contributed by atoms with Crippen molar-refractivity contribution in [3.63, 3.8) is 0 Å². The fourth-order valence-electron chi connectivity index (χ4n) is 4.09. The Balaban J connectivity index is 1.80. The molecule has 7 nitrogen and oxygen atoms in total. The molecular weight excluding hydrogens is 320 g/mol. The molecule has 3 atom stereocenters. The van der Waals surface area contributed by atoms with Gasteiger partial charge >= 0.3 is 0 Å². The van der Waals surface area contributed by atoms with Gasteiger partial charge in [0.2, 0.25) is 11.8 Å². The van der Waals surface area contributed by atoms with Crippen LogP contribution in [0, 0.1) is 5.92 Å². The van der Waals surface area contributed by atoms with Gasteiger partial charge in [-0.2, -0.15) is 5.10 Å². The number of nitrogens with zero attached hydrogens (tertiary/aromatic N) is 4. The van der Waals surface area contributed by atoms with Crippen molar-refractivity contribution in [1.82, 2.24) is 19.6 Å². The van der Waals surface area contributed by atoms with Gasteiger partial charge < -0.3 is 14.5 Å². The summed E-state index contributed by atoms with van der Waals surface area (Å²) in [5.74, 6) is 0.00798. The lowest BCUT2D eigenvalue weighted by molar-refractivity contribution is -0.149. The average Bonchev–Trinajstić information content (AvgIpc) is 3.03. The van der Waals surface area contributed by atoms with Crippen LogP contribution in [-0.4, -0.2) is 64.2 Å². The van der Waals surface area contributed by atoms with Crippen LogP contribution in [0.4, 0.5) is 0 Å². The Kier molecular flexibility index (Phi) is 5.42. The number of aromatic nitrogens is 2. The summed E-state index contributed by atoms with van der Waals surface area (Å²) in [7, 11) is 3.64. The van der Waals surface area contributed by atoms with E-state index < -0.39 is 0 Å². The minimum absolute atomic E-state index is 0.0868. The van der Waals surface area contributed by atoms with Crippen molar-refractivity contribution in [2.45, 2.75) is 44.8 Å². The van der Waals surface area contributed by atoms with E-state index >= 15 is 0 Å². The Morgan fingerprint density at radius 3 is 2.84 bits per heavy atom. The first-order valence-corrected chi connectivity index (χ1v) is 9.15. The van der Waals surface area contributed by atoms with Crippen molar-refractivity contribution < 1.29 is 14.3 Å². The summed E-state index contributed by atoms with van der Waals surface area (Å²) in [6.07, 6.45) is 6.78. The van der Waals surface area contributed by atoms with E-state index in [0.29, 0.717) is 26.0 Å². The smallest absolute Gasteiger partial charge is 0.228 e. The highest BCUT2D eigenvalue weighted by Gasteiger charge is 2.41. The second-order valence-electron chi connectivity index (χ2n) is 7.05. The molecule has 0 aliphatic carbocycles. The van der Waals surface area contributed by atoms with E-state index in [2.05, 4.69) is 5.10 Å². The lowest BCUT2D eigenvalue weighted by atomic mass is 9.84.